The van der Waals surface area contributed by atoms with E-state index < -0.39 is 34.0 Å². The van der Waals surface area contributed by atoms with Crippen LogP contribution in [0.4, 0.5) is 0 Å². The molecule has 116 valence electrons. The van der Waals surface area contributed by atoms with Crippen molar-refractivity contribution in [2.24, 2.45) is 0 Å². The minimum Gasteiger partial charge on any atom is -0.480 e. The van der Waals surface area contributed by atoms with E-state index in [1.54, 1.807) is 6.92 Å². The smallest absolute Gasteiger partial charge is 0.323 e. The molecule has 6 nitrogen and oxygen atoms in total. The van der Waals surface area contributed by atoms with Crippen LogP contribution >= 0.6 is 11.6 Å². The first-order valence-electron chi connectivity index (χ1n) is 6.24. The van der Waals surface area contributed by atoms with Gasteiger partial charge in [-0.2, -0.15) is 0 Å². The number of rotatable bonds is 7. The Balaban J connectivity index is 2.88. The fourth-order valence-corrected chi connectivity index (χ4v) is 3.06. The van der Waals surface area contributed by atoms with Crippen LogP contribution in [-0.2, 0) is 19.4 Å². The summed E-state index contributed by atoms with van der Waals surface area (Å²) in [6, 6.07) is 5.46. The molecule has 0 bridgehead atoms. The zero-order valence-electron chi connectivity index (χ0n) is 11.5. The maximum atomic E-state index is 12.1. The number of sulfone groups is 1. The molecule has 0 aliphatic heterocycles. The summed E-state index contributed by atoms with van der Waals surface area (Å²) in [5.41, 5.74) is 0. The fourth-order valence-electron chi connectivity index (χ4n) is 1.70. The van der Waals surface area contributed by atoms with E-state index >= 15 is 0 Å². The van der Waals surface area contributed by atoms with Crippen LogP contribution in [0.3, 0.4) is 0 Å². The molecule has 1 amide bonds. The number of benzene rings is 1. The van der Waals surface area contributed by atoms with Gasteiger partial charge in [0.25, 0.3) is 0 Å². The molecule has 0 saturated carbocycles. The predicted octanol–water partition coefficient (Wildman–Crippen LogP) is 1.44. The van der Waals surface area contributed by atoms with E-state index in [2.05, 4.69) is 0 Å². The molecule has 0 atom stereocenters. The Bertz CT molecular complexity index is 612. The maximum absolute atomic E-state index is 12.1. The number of carboxylic acids is 1. The molecular weight excluding hydrogens is 318 g/mol. The standard InChI is InChI=1S/C13H16ClNO5S/c1-2-7-15(8-13(17)18)12(16)9-21(19,20)11-5-3-10(14)4-6-11/h3-6H,2,7-9H2,1H3,(H,17,18). The van der Waals surface area contributed by atoms with E-state index in [1.807, 2.05) is 0 Å². The summed E-state index contributed by atoms with van der Waals surface area (Å²) >= 11 is 5.68. The molecule has 1 N–H and O–H groups in total. The predicted molar refractivity (Wildman–Crippen MR) is 78.0 cm³/mol. The largest absolute Gasteiger partial charge is 0.480 e. The topological polar surface area (TPSA) is 91.8 Å². The first-order valence-corrected chi connectivity index (χ1v) is 8.27. The summed E-state index contributed by atoms with van der Waals surface area (Å²) in [5.74, 6) is -2.67. The molecule has 8 heteroatoms. The molecular formula is C13H16ClNO5S. The Hall–Kier alpha value is -1.60. The second kappa shape index (κ2) is 7.42. The van der Waals surface area contributed by atoms with Crippen LogP contribution in [-0.4, -0.2) is 49.1 Å². The monoisotopic (exact) mass is 333 g/mol. The van der Waals surface area contributed by atoms with Crippen molar-refractivity contribution < 1.29 is 23.1 Å². The first kappa shape index (κ1) is 17.5. The van der Waals surface area contributed by atoms with Crippen LogP contribution in [0, 0.1) is 0 Å². The van der Waals surface area contributed by atoms with Gasteiger partial charge in [-0.15, -0.1) is 0 Å². The van der Waals surface area contributed by atoms with Crippen molar-refractivity contribution in [3.8, 4) is 0 Å². The van der Waals surface area contributed by atoms with Crippen molar-refractivity contribution in [1.82, 2.24) is 4.90 Å². The van der Waals surface area contributed by atoms with Gasteiger partial charge in [-0.25, -0.2) is 8.42 Å². The molecule has 0 spiro atoms. The fraction of sp³-hybridized carbons (Fsp3) is 0.385. The van der Waals surface area contributed by atoms with Crippen molar-refractivity contribution in [1.29, 1.82) is 0 Å². The third-order valence-electron chi connectivity index (χ3n) is 2.66. The van der Waals surface area contributed by atoms with E-state index in [-0.39, 0.29) is 11.4 Å². The Morgan fingerprint density at radius 2 is 1.81 bits per heavy atom. The second-order valence-corrected chi connectivity index (χ2v) is 6.85. The van der Waals surface area contributed by atoms with Gasteiger partial charge in [-0.3, -0.25) is 9.59 Å². The average molecular weight is 334 g/mol. The number of hydrogen-bond donors (Lipinski definition) is 1. The summed E-state index contributed by atoms with van der Waals surface area (Å²) in [7, 11) is -3.82. The zero-order valence-corrected chi connectivity index (χ0v) is 13.0. The molecule has 1 aromatic rings. The van der Waals surface area contributed by atoms with Crippen LogP contribution in [0.1, 0.15) is 13.3 Å². The van der Waals surface area contributed by atoms with E-state index in [0.717, 1.165) is 4.90 Å². The van der Waals surface area contributed by atoms with Crippen molar-refractivity contribution in [2.75, 3.05) is 18.8 Å². The van der Waals surface area contributed by atoms with Gasteiger partial charge in [-0.05, 0) is 30.7 Å². The second-order valence-electron chi connectivity index (χ2n) is 4.42. The lowest BCUT2D eigenvalue weighted by Crippen LogP contribution is -2.39. The Kier molecular flexibility index (Phi) is 6.17. The number of hydrogen-bond acceptors (Lipinski definition) is 4. The number of aliphatic carboxylic acids is 1. The van der Waals surface area contributed by atoms with Gasteiger partial charge in [0.2, 0.25) is 5.91 Å². The Morgan fingerprint density at radius 1 is 1.24 bits per heavy atom. The van der Waals surface area contributed by atoms with Gasteiger partial charge >= 0.3 is 5.97 Å². The van der Waals surface area contributed by atoms with Crippen molar-refractivity contribution in [3.63, 3.8) is 0 Å². The molecule has 0 aromatic heterocycles. The number of carboxylic acid groups (broad SMARTS) is 1. The minimum absolute atomic E-state index is 0.0213. The van der Waals surface area contributed by atoms with Gasteiger partial charge in [0.15, 0.2) is 9.84 Å². The summed E-state index contributed by atoms with van der Waals surface area (Å²) in [6.07, 6.45) is 0.542. The normalized spacial score (nSPS) is 11.1. The number of halogens is 1. The molecule has 0 fully saturated rings. The third-order valence-corrected chi connectivity index (χ3v) is 4.53. The molecule has 0 aliphatic carbocycles. The molecule has 0 radical (unpaired) electrons. The van der Waals surface area contributed by atoms with Crippen LogP contribution < -0.4 is 0 Å². The molecule has 0 saturated heterocycles. The molecule has 1 aromatic carbocycles. The molecule has 0 heterocycles. The van der Waals surface area contributed by atoms with E-state index in [4.69, 9.17) is 16.7 Å². The van der Waals surface area contributed by atoms with Crippen molar-refractivity contribution >= 4 is 33.3 Å². The highest BCUT2D eigenvalue weighted by Gasteiger charge is 2.24. The maximum Gasteiger partial charge on any atom is 0.323 e. The van der Waals surface area contributed by atoms with Crippen LogP contribution in [0.2, 0.25) is 5.02 Å². The molecule has 0 unspecified atom stereocenters. The van der Waals surface area contributed by atoms with Gasteiger partial charge in [0, 0.05) is 11.6 Å². The van der Waals surface area contributed by atoms with E-state index in [1.165, 1.54) is 24.3 Å². The number of nitrogens with zero attached hydrogens (tertiary/aromatic N) is 1. The summed E-state index contributed by atoms with van der Waals surface area (Å²) in [4.78, 5) is 23.7. The highest BCUT2D eigenvalue weighted by Crippen LogP contribution is 2.16. The number of carbonyl (C=O) groups excluding carboxylic acids is 1. The highest BCUT2D eigenvalue weighted by molar-refractivity contribution is 7.92. The van der Waals surface area contributed by atoms with Crippen molar-refractivity contribution in [3.05, 3.63) is 29.3 Å². The van der Waals surface area contributed by atoms with Gasteiger partial charge in [0.05, 0.1) is 4.90 Å². The Labute approximate surface area is 128 Å². The van der Waals surface area contributed by atoms with E-state index in [0.29, 0.717) is 11.4 Å². The molecule has 21 heavy (non-hydrogen) atoms. The van der Waals surface area contributed by atoms with Gasteiger partial charge in [-0.1, -0.05) is 18.5 Å². The Morgan fingerprint density at radius 3 is 2.29 bits per heavy atom. The lowest BCUT2D eigenvalue weighted by atomic mass is 10.4. The number of carbonyl (C=O) groups is 2. The quantitative estimate of drug-likeness (QED) is 0.815. The van der Waals surface area contributed by atoms with Crippen LogP contribution in [0.5, 0.6) is 0 Å². The zero-order chi connectivity index (χ0) is 16.0. The van der Waals surface area contributed by atoms with E-state index in [9.17, 15) is 18.0 Å². The summed E-state index contributed by atoms with van der Waals surface area (Å²) in [6.45, 7) is 1.46. The number of amides is 1. The van der Waals surface area contributed by atoms with Gasteiger partial charge < -0.3 is 10.0 Å². The SMILES string of the molecule is CCCN(CC(=O)O)C(=O)CS(=O)(=O)c1ccc(Cl)cc1. The molecule has 1 rings (SSSR count). The average Bonchev–Trinajstić information content (AvgIpc) is 2.37. The molecule has 0 aliphatic rings. The third kappa shape index (κ3) is 5.35. The lowest BCUT2D eigenvalue weighted by Gasteiger charge is -2.19. The lowest BCUT2D eigenvalue weighted by molar-refractivity contribution is -0.143. The van der Waals surface area contributed by atoms with Crippen molar-refractivity contribution in [2.45, 2.75) is 18.2 Å². The highest BCUT2D eigenvalue weighted by atomic mass is 35.5. The minimum atomic E-state index is -3.82. The van der Waals surface area contributed by atoms with Crippen LogP contribution in [0.15, 0.2) is 29.2 Å². The van der Waals surface area contributed by atoms with Gasteiger partial charge in [0.1, 0.15) is 12.3 Å². The summed E-state index contributed by atoms with van der Waals surface area (Å²) in [5, 5.41) is 9.14. The first-order chi connectivity index (χ1) is 9.76. The van der Waals surface area contributed by atoms with Crippen LogP contribution in [0.25, 0.3) is 0 Å². The summed E-state index contributed by atoms with van der Waals surface area (Å²) < 4.78 is 24.2.